The molecule has 0 saturated carbocycles. The Kier molecular flexibility index (Phi) is 5.41. The quantitative estimate of drug-likeness (QED) is 0.658. The number of ether oxygens (including phenoxy) is 1. The van der Waals surface area contributed by atoms with Crippen LogP contribution in [0.1, 0.15) is 49.7 Å². The van der Waals surface area contributed by atoms with Crippen molar-refractivity contribution >= 4 is 11.8 Å². The van der Waals surface area contributed by atoms with Crippen molar-refractivity contribution in [1.29, 1.82) is 0 Å². The normalized spacial score (nSPS) is 19.5. The molecular weight excluding hydrogens is 420 g/mol. The van der Waals surface area contributed by atoms with E-state index in [0.29, 0.717) is 43.1 Å². The van der Waals surface area contributed by atoms with Gasteiger partial charge in [-0.2, -0.15) is 0 Å². The van der Waals surface area contributed by atoms with Gasteiger partial charge in [0.2, 0.25) is 0 Å². The second kappa shape index (κ2) is 8.40. The minimum absolute atomic E-state index is 0.0318. The topological polar surface area (TPSA) is 102 Å². The first-order valence-electron chi connectivity index (χ1n) is 11.0. The first-order valence-corrected chi connectivity index (χ1v) is 11.0. The maximum Gasteiger partial charge on any atom is 0.255 e. The summed E-state index contributed by atoms with van der Waals surface area (Å²) in [5.74, 6) is -0.181. The minimum Gasteiger partial charge on any atom is -0.365 e. The zero-order chi connectivity index (χ0) is 23.0. The molecule has 1 fully saturated rings. The second-order valence-corrected chi connectivity index (χ2v) is 8.89. The number of hydrogen-bond acceptors (Lipinski definition) is 6. The highest BCUT2D eigenvalue weighted by Gasteiger charge is 2.45. The zero-order valence-corrected chi connectivity index (χ0v) is 18.7. The Labute approximate surface area is 191 Å². The van der Waals surface area contributed by atoms with Gasteiger partial charge in [0, 0.05) is 24.5 Å². The van der Waals surface area contributed by atoms with E-state index in [2.05, 4.69) is 20.6 Å². The molecule has 1 saturated heterocycles. The summed E-state index contributed by atoms with van der Waals surface area (Å²) in [6.45, 7) is 6.15. The molecule has 4 heterocycles. The fraction of sp³-hybridized carbons (Fsp3) is 0.375. The summed E-state index contributed by atoms with van der Waals surface area (Å²) >= 11 is 0. The van der Waals surface area contributed by atoms with E-state index in [4.69, 9.17) is 4.74 Å². The predicted octanol–water partition coefficient (Wildman–Crippen LogP) is 2.04. The molecule has 3 aromatic rings. The van der Waals surface area contributed by atoms with E-state index in [1.54, 1.807) is 18.5 Å². The lowest BCUT2D eigenvalue weighted by molar-refractivity contribution is -0.0828. The lowest BCUT2D eigenvalue weighted by Gasteiger charge is -2.34. The molecule has 2 amide bonds. The van der Waals surface area contributed by atoms with E-state index in [0.717, 1.165) is 23.2 Å². The molecule has 170 valence electrons. The third kappa shape index (κ3) is 4.23. The van der Waals surface area contributed by atoms with Crippen molar-refractivity contribution in [3.8, 4) is 0 Å². The molecule has 9 nitrogen and oxygen atoms in total. The number of fused-ring (bicyclic) bond motifs is 1. The number of pyridine rings is 1. The highest BCUT2D eigenvalue weighted by Crippen LogP contribution is 2.33. The molecule has 2 aromatic heterocycles. The molecule has 33 heavy (non-hydrogen) atoms. The van der Waals surface area contributed by atoms with Gasteiger partial charge in [-0.3, -0.25) is 14.6 Å². The Morgan fingerprint density at radius 2 is 1.97 bits per heavy atom. The van der Waals surface area contributed by atoms with Gasteiger partial charge in [-0.25, -0.2) is 4.68 Å². The van der Waals surface area contributed by atoms with Crippen LogP contribution in [0.5, 0.6) is 0 Å². The van der Waals surface area contributed by atoms with E-state index < -0.39 is 5.60 Å². The van der Waals surface area contributed by atoms with Crippen molar-refractivity contribution < 1.29 is 14.3 Å². The van der Waals surface area contributed by atoms with Crippen molar-refractivity contribution in [3.05, 3.63) is 76.4 Å². The van der Waals surface area contributed by atoms with Gasteiger partial charge in [0.15, 0.2) is 0 Å². The van der Waals surface area contributed by atoms with Crippen molar-refractivity contribution in [1.82, 2.24) is 30.2 Å². The summed E-state index contributed by atoms with van der Waals surface area (Å²) in [6, 6.07) is 9.31. The lowest BCUT2D eigenvalue weighted by atomic mass is 10.0. The molecular formula is C24H26N6O3. The number of benzene rings is 1. The molecule has 1 atom stereocenters. The first kappa shape index (κ1) is 21.3. The van der Waals surface area contributed by atoms with Crippen molar-refractivity contribution in [2.75, 3.05) is 13.1 Å². The van der Waals surface area contributed by atoms with Gasteiger partial charge in [0.1, 0.15) is 11.3 Å². The van der Waals surface area contributed by atoms with E-state index in [9.17, 15) is 9.59 Å². The van der Waals surface area contributed by atoms with E-state index in [-0.39, 0.29) is 18.4 Å². The van der Waals surface area contributed by atoms with Crippen LogP contribution in [0.4, 0.5) is 0 Å². The molecule has 0 bridgehead atoms. The summed E-state index contributed by atoms with van der Waals surface area (Å²) in [7, 11) is 0. The van der Waals surface area contributed by atoms with E-state index in [1.165, 1.54) is 0 Å². The fourth-order valence-corrected chi connectivity index (χ4v) is 4.50. The Balaban J connectivity index is 1.23. The number of nitrogens with one attached hydrogen (secondary N) is 1. The number of aromatic nitrogens is 4. The largest absolute Gasteiger partial charge is 0.365 e. The Bertz CT molecular complexity index is 1220. The monoisotopic (exact) mass is 446 g/mol. The minimum atomic E-state index is -0.476. The second-order valence-electron chi connectivity index (χ2n) is 8.89. The fourth-order valence-electron chi connectivity index (χ4n) is 4.50. The SMILES string of the molecule is Cc1cccc(C(=O)NCc2nnn3c2COC2(CCN(C(=O)c4cncc(C)c4)C2)C3)c1. The molecule has 1 spiro atoms. The van der Waals surface area contributed by atoms with Gasteiger partial charge in [0.05, 0.1) is 37.5 Å². The van der Waals surface area contributed by atoms with Crippen LogP contribution in [0.15, 0.2) is 42.7 Å². The van der Waals surface area contributed by atoms with Gasteiger partial charge < -0.3 is 15.0 Å². The molecule has 5 rings (SSSR count). The number of nitrogens with zero attached hydrogens (tertiary/aromatic N) is 5. The first-order chi connectivity index (χ1) is 15.9. The molecule has 0 aliphatic carbocycles. The van der Waals surface area contributed by atoms with Crippen LogP contribution in [-0.2, 0) is 24.4 Å². The molecule has 9 heteroatoms. The predicted molar refractivity (Wildman–Crippen MR) is 119 cm³/mol. The number of hydrogen-bond donors (Lipinski definition) is 1. The van der Waals surface area contributed by atoms with Crippen LogP contribution < -0.4 is 5.32 Å². The third-order valence-corrected chi connectivity index (χ3v) is 6.29. The molecule has 1 unspecified atom stereocenters. The van der Waals surface area contributed by atoms with Gasteiger partial charge in [0.25, 0.3) is 11.8 Å². The number of likely N-dealkylation sites (tertiary alicyclic amines) is 1. The highest BCUT2D eigenvalue weighted by molar-refractivity contribution is 5.94. The Morgan fingerprint density at radius 3 is 2.79 bits per heavy atom. The molecule has 2 aliphatic rings. The molecule has 2 aliphatic heterocycles. The summed E-state index contributed by atoms with van der Waals surface area (Å²) in [6.07, 6.45) is 4.07. The van der Waals surface area contributed by atoms with Crippen LogP contribution in [0, 0.1) is 13.8 Å². The third-order valence-electron chi connectivity index (χ3n) is 6.29. The number of aryl methyl sites for hydroxylation is 2. The number of rotatable bonds is 4. The maximum atomic E-state index is 12.9. The highest BCUT2D eigenvalue weighted by atomic mass is 16.5. The van der Waals surface area contributed by atoms with Gasteiger partial charge in [-0.15, -0.1) is 5.10 Å². The molecule has 1 N–H and O–H groups in total. The van der Waals surface area contributed by atoms with Crippen LogP contribution >= 0.6 is 0 Å². The summed E-state index contributed by atoms with van der Waals surface area (Å²) in [4.78, 5) is 31.3. The van der Waals surface area contributed by atoms with Gasteiger partial charge >= 0.3 is 0 Å². The summed E-state index contributed by atoms with van der Waals surface area (Å²) < 4.78 is 8.12. The van der Waals surface area contributed by atoms with Gasteiger partial charge in [-0.05, 0) is 44.0 Å². The lowest BCUT2D eigenvalue weighted by Crippen LogP contribution is -2.45. The Morgan fingerprint density at radius 1 is 1.12 bits per heavy atom. The average Bonchev–Trinajstić information content (AvgIpc) is 3.41. The van der Waals surface area contributed by atoms with Crippen LogP contribution in [-0.4, -0.2) is 55.4 Å². The van der Waals surface area contributed by atoms with E-state index in [1.807, 2.05) is 47.7 Å². The van der Waals surface area contributed by atoms with E-state index >= 15 is 0 Å². The molecule has 0 radical (unpaired) electrons. The molecule has 1 aromatic carbocycles. The zero-order valence-electron chi connectivity index (χ0n) is 18.7. The summed E-state index contributed by atoms with van der Waals surface area (Å²) in [5.41, 5.74) is 4.28. The average molecular weight is 447 g/mol. The van der Waals surface area contributed by atoms with Crippen LogP contribution in [0.2, 0.25) is 0 Å². The number of carbonyl (C=O) groups is 2. The standard InChI is InChI=1S/C24H26N6O3/c1-16-4-3-5-18(8-16)22(31)26-12-20-21-13-33-24(15-30(21)28-27-20)6-7-29(14-24)23(32)19-9-17(2)10-25-11-19/h3-5,8-11H,6-7,12-15H2,1-2H3,(H,26,31). The number of amides is 2. The van der Waals surface area contributed by atoms with Gasteiger partial charge in [-0.1, -0.05) is 22.9 Å². The Hall–Kier alpha value is -3.59. The van der Waals surface area contributed by atoms with Crippen LogP contribution in [0.3, 0.4) is 0 Å². The summed E-state index contributed by atoms with van der Waals surface area (Å²) in [5, 5.41) is 11.5. The van der Waals surface area contributed by atoms with Crippen molar-refractivity contribution in [2.24, 2.45) is 0 Å². The van der Waals surface area contributed by atoms with Crippen molar-refractivity contribution in [2.45, 2.75) is 45.6 Å². The smallest absolute Gasteiger partial charge is 0.255 e. The maximum absolute atomic E-state index is 12.9. The van der Waals surface area contributed by atoms with Crippen molar-refractivity contribution in [3.63, 3.8) is 0 Å². The van der Waals surface area contributed by atoms with Crippen LogP contribution in [0.25, 0.3) is 0 Å². The number of carbonyl (C=O) groups excluding carboxylic acids is 2.